The second-order valence-electron chi connectivity index (χ2n) is 4.61. The molecule has 96 valence electrons. The van der Waals surface area contributed by atoms with E-state index in [0.717, 1.165) is 57.0 Å². The molecule has 0 amide bonds. The molecule has 2 aromatic rings. The fourth-order valence-electron chi connectivity index (χ4n) is 2.27. The zero-order valence-electron chi connectivity index (χ0n) is 10.5. The van der Waals surface area contributed by atoms with Gasteiger partial charge in [0.1, 0.15) is 5.82 Å². The van der Waals surface area contributed by atoms with E-state index in [1.54, 1.807) is 0 Å². The quantitative estimate of drug-likeness (QED) is 0.807. The Morgan fingerprint density at radius 1 is 1.28 bits per heavy atom. The summed E-state index contributed by atoms with van der Waals surface area (Å²) in [6.07, 6.45) is 5.89. The Morgan fingerprint density at radius 3 is 3.06 bits per heavy atom. The highest BCUT2D eigenvalue weighted by atomic mass is 16.5. The number of fused-ring (bicyclic) bond motifs is 1. The Morgan fingerprint density at radius 2 is 2.17 bits per heavy atom. The Balaban J connectivity index is 1.52. The topological polar surface area (TPSA) is 42.7 Å². The molecule has 0 unspecified atom stereocenters. The monoisotopic (exact) mass is 246 g/mol. The molecule has 0 saturated carbocycles. The minimum absolute atomic E-state index is 0.867. The van der Waals surface area contributed by atoms with Crippen molar-refractivity contribution in [3.63, 3.8) is 0 Å². The summed E-state index contributed by atoms with van der Waals surface area (Å²) >= 11 is 0. The van der Waals surface area contributed by atoms with Crippen molar-refractivity contribution in [1.82, 2.24) is 19.5 Å². The van der Waals surface area contributed by atoms with E-state index >= 15 is 0 Å². The Kier molecular flexibility index (Phi) is 3.52. The van der Waals surface area contributed by atoms with Gasteiger partial charge in [0.2, 0.25) is 0 Å². The van der Waals surface area contributed by atoms with E-state index in [1.807, 2.05) is 29.0 Å². The average Bonchev–Trinajstić information content (AvgIpc) is 2.87. The van der Waals surface area contributed by atoms with Gasteiger partial charge >= 0.3 is 0 Å². The highest BCUT2D eigenvalue weighted by Gasteiger charge is 2.09. The molecule has 0 aromatic carbocycles. The first-order chi connectivity index (χ1) is 8.92. The summed E-state index contributed by atoms with van der Waals surface area (Å²) in [4.78, 5) is 6.83. The third kappa shape index (κ3) is 2.68. The minimum atomic E-state index is 0.867. The van der Waals surface area contributed by atoms with Crippen LogP contribution in [0.25, 0.3) is 5.52 Å². The fourth-order valence-corrected chi connectivity index (χ4v) is 2.27. The van der Waals surface area contributed by atoms with E-state index < -0.39 is 0 Å². The van der Waals surface area contributed by atoms with Crippen LogP contribution in [0.3, 0.4) is 0 Å². The Labute approximate surface area is 106 Å². The Hall–Kier alpha value is -1.46. The van der Waals surface area contributed by atoms with Crippen molar-refractivity contribution >= 4 is 5.52 Å². The van der Waals surface area contributed by atoms with Gasteiger partial charge in [0.25, 0.3) is 0 Å². The zero-order chi connectivity index (χ0) is 12.2. The van der Waals surface area contributed by atoms with Crippen LogP contribution in [-0.4, -0.2) is 52.3 Å². The van der Waals surface area contributed by atoms with Crippen LogP contribution in [0.5, 0.6) is 0 Å². The maximum Gasteiger partial charge on any atom is 0.149 e. The van der Waals surface area contributed by atoms with Gasteiger partial charge in [-0.3, -0.25) is 4.90 Å². The summed E-state index contributed by atoms with van der Waals surface area (Å²) in [6, 6.07) is 4.00. The van der Waals surface area contributed by atoms with Crippen molar-refractivity contribution in [1.29, 1.82) is 0 Å². The van der Waals surface area contributed by atoms with Crippen LogP contribution in [0.4, 0.5) is 0 Å². The van der Waals surface area contributed by atoms with E-state index in [0.29, 0.717) is 0 Å². The standard InChI is InChI=1S/C13H18N4O/c1-3-12-11-14-13(15-17(12)6-1)4-2-5-16-7-9-18-10-8-16/h1,3,6,11H,2,4-5,7-10H2. The lowest BCUT2D eigenvalue weighted by Crippen LogP contribution is -2.37. The fraction of sp³-hybridized carbons (Fsp3) is 0.538. The molecule has 2 aromatic heterocycles. The van der Waals surface area contributed by atoms with Gasteiger partial charge in [0.05, 0.1) is 24.9 Å². The second-order valence-corrected chi connectivity index (χ2v) is 4.61. The maximum absolute atomic E-state index is 5.33. The van der Waals surface area contributed by atoms with Gasteiger partial charge in [-0.05, 0) is 25.1 Å². The number of morpholine rings is 1. The number of hydrogen-bond acceptors (Lipinski definition) is 4. The lowest BCUT2D eigenvalue weighted by atomic mass is 10.2. The van der Waals surface area contributed by atoms with Crippen LogP contribution >= 0.6 is 0 Å². The van der Waals surface area contributed by atoms with Crippen LogP contribution in [0.2, 0.25) is 0 Å². The number of aromatic nitrogens is 3. The first-order valence-corrected chi connectivity index (χ1v) is 6.51. The highest BCUT2D eigenvalue weighted by molar-refractivity contribution is 5.43. The van der Waals surface area contributed by atoms with Crippen LogP contribution in [0, 0.1) is 0 Å². The maximum atomic E-state index is 5.33. The average molecular weight is 246 g/mol. The van der Waals surface area contributed by atoms with E-state index in [4.69, 9.17) is 4.74 Å². The summed E-state index contributed by atoms with van der Waals surface area (Å²) in [5, 5.41) is 4.48. The molecule has 0 bridgehead atoms. The Bertz CT molecular complexity index is 504. The van der Waals surface area contributed by atoms with E-state index in [-0.39, 0.29) is 0 Å². The molecular formula is C13H18N4O. The first-order valence-electron chi connectivity index (χ1n) is 6.51. The van der Waals surface area contributed by atoms with Gasteiger partial charge < -0.3 is 4.74 Å². The van der Waals surface area contributed by atoms with Crippen molar-refractivity contribution < 1.29 is 4.74 Å². The van der Waals surface area contributed by atoms with Crippen LogP contribution in [-0.2, 0) is 11.2 Å². The molecule has 18 heavy (non-hydrogen) atoms. The van der Waals surface area contributed by atoms with Gasteiger partial charge in [0.15, 0.2) is 0 Å². The van der Waals surface area contributed by atoms with Gasteiger partial charge in [-0.1, -0.05) is 0 Å². The molecule has 0 spiro atoms. The number of rotatable bonds is 4. The molecular weight excluding hydrogens is 228 g/mol. The molecule has 3 heterocycles. The van der Waals surface area contributed by atoms with E-state index in [9.17, 15) is 0 Å². The number of nitrogens with zero attached hydrogens (tertiary/aromatic N) is 4. The van der Waals surface area contributed by atoms with Crippen LogP contribution in [0.15, 0.2) is 24.5 Å². The van der Waals surface area contributed by atoms with Crippen molar-refractivity contribution in [2.45, 2.75) is 12.8 Å². The first kappa shape index (κ1) is 11.6. The summed E-state index contributed by atoms with van der Waals surface area (Å²) in [6.45, 7) is 4.95. The second kappa shape index (κ2) is 5.46. The highest BCUT2D eigenvalue weighted by Crippen LogP contribution is 2.04. The molecule has 3 rings (SSSR count). The summed E-state index contributed by atoms with van der Waals surface area (Å²) in [7, 11) is 0. The lowest BCUT2D eigenvalue weighted by Gasteiger charge is -2.26. The van der Waals surface area contributed by atoms with Crippen LogP contribution < -0.4 is 0 Å². The van der Waals surface area contributed by atoms with Gasteiger partial charge in [-0.2, -0.15) is 5.10 Å². The molecule has 5 nitrogen and oxygen atoms in total. The van der Waals surface area contributed by atoms with Crippen LogP contribution in [0.1, 0.15) is 12.2 Å². The smallest absolute Gasteiger partial charge is 0.149 e. The molecule has 1 aliphatic rings. The molecule has 1 aliphatic heterocycles. The number of aryl methyl sites for hydroxylation is 1. The lowest BCUT2D eigenvalue weighted by molar-refractivity contribution is 0.0374. The summed E-state index contributed by atoms with van der Waals surface area (Å²) in [5.41, 5.74) is 1.05. The molecule has 1 saturated heterocycles. The predicted octanol–water partition coefficient (Wildman–Crippen LogP) is 0.994. The predicted molar refractivity (Wildman–Crippen MR) is 68.6 cm³/mol. The van der Waals surface area contributed by atoms with Gasteiger partial charge in [-0.25, -0.2) is 9.50 Å². The third-order valence-electron chi connectivity index (χ3n) is 3.31. The van der Waals surface area contributed by atoms with Gasteiger partial charge in [-0.15, -0.1) is 0 Å². The molecule has 5 heteroatoms. The van der Waals surface area contributed by atoms with Crippen molar-refractivity contribution in [3.05, 3.63) is 30.4 Å². The van der Waals surface area contributed by atoms with E-state index in [1.165, 1.54) is 0 Å². The van der Waals surface area contributed by atoms with Crippen molar-refractivity contribution in [2.75, 3.05) is 32.8 Å². The molecule has 0 atom stereocenters. The SMILES string of the molecule is c1cc2cnc(CCCN3CCOCC3)nn2c1. The normalized spacial score (nSPS) is 17.3. The third-order valence-corrected chi connectivity index (χ3v) is 3.31. The van der Waals surface area contributed by atoms with Crippen molar-refractivity contribution in [3.8, 4) is 0 Å². The molecule has 0 radical (unpaired) electrons. The number of ether oxygens (including phenoxy) is 1. The number of hydrogen-bond donors (Lipinski definition) is 0. The zero-order valence-corrected chi connectivity index (χ0v) is 10.5. The molecule has 0 aliphatic carbocycles. The molecule has 1 fully saturated rings. The largest absolute Gasteiger partial charge is 0.379 e. The van der Waals surface area contributed by atoms with E-state index in [2.05, 4.69) is 15.0 Å². The minimum Gasteiger partial charge on any atom is -0.379 e. The summed E-state index contributed by atoms with van der Waals surface area (Å²) < 4.78 is 7.22. The molecule has 0 N–H and O–H groups in total. The van der Waals surface area contributed by atoms with Gasteiger partial charge in [0, 0.05) is 25.7 Å². The summed E-state index contributed by atoms with van der Waals surface area (Å²) in [5.74, 6) is 0.923. The van der Waals surface area contributed by atoms with Crippen molar-refractivity contribution in [2.24, 2.45) is 0 Å².